The maximum absolute atomic E-state index is 12.3. The molecule has 3 fully saturated rings. The molecule has 6 N–H and O–H groups in total. The number of carbonyl (C=O) groups excluding carboxylic acids is 2. The number of urea groups is 1. The Labute approximate surface area is 207 Å². The van der Waals surface area contributed by atoms with Gasteiger partial charge in [-0.2, -0.15) is 5.32 Å². The number of nitrogens with one attached hydrogen (secondary N) is 2. The van der Waals surface area contributed by atoms with E-state index >= 15 is 0 Å². The summed E-state index contributed by atoms with van der Waals surface area (Å²) in [6.07, 6.45) is -4.52. The van der Waals surface area contributed by atoms with Gasteiger partial charge in [-0.15, -0.1) is 0 Å². The van der Waals surface area contributed by atoms with Gasteiger partial charge in [0.15, 0.2) is 0 Å². The summed E-state index contributed by atoms with van der Waals surface area (Å²) in [6.45, 7) is 3.04. The van der Waals surface area contributed by atoms with E-state index in [1.54, 1.807) is 4.90 Å². The van der Waals surface area contributed by atoms with Crippen LogP contribution in [0.1, 0.15) is 26.7 Å². The molecule has 0 aromatic rings. The average molecular weight is 487 g/mol. The minimum atomic E-state index is -5.11. The Bertz CT molecular complexity index is 743. The van der Waals surface area contributed by atoms with Crippen molar-refractivity contribution in [3.05, 3.63) is 0 Å². The number of fused-ring (bicyclic) bond motifs is 2. The van der Waals surface area contributed by atoms with Gasteiger partial charge in [0.1, 0.15) is 24.4 Å². The van der Waals surface area contributed by atoms with E-state index in [4.69, 9.17) is 4.89 Å². The van der Waals surface area contributed by atoms with Crippen molar-refractivity contribution in [2.75, 3.05) is 13.2 Å². The van der Waals surface area contributed by atoms with E-state index in [0.29, 0.717) is 18.3 Å². The number of amides is 3. The summed E-state index contributed by atoms with van der Waals surface area (Å²) in [6, 6.07) is -1.91. The summed E-state index contributed by atoms with van der Waals surface area (Å²) in [7, 11) is -5.11. The van der Waals surface area contributed by atoms with E-state index in [0.717, 1.165) is 6.42 Å². The molecule has 3 amide bonds. The maximum atomic E-state index is 12.3. The minimum Gasteiger partial charge on any atom is -0.756 e. The van der Waals surface area contributed by atoms with Crippen LogP contribution in [0, 0.1) is 11.8 Å². The van der Waals surface area contributed by atoms with E-state index < -0.39 is 56.9 Å². The first-order chi connectivity index (χ1) is 14.4. The topological polar surface area (TPSA) is 206 Å². The summed E-state index contributed by atoms with van der Waals surface area (Å²) < 4.78 is 14.8. The summed E-state index contributed by atoms with van der Waals surface area (Å²) in [5.41, 5.74) is 0. The molecule has 2 aliphatic heterocycles. The molecule has 2 heterocycles. The smallest absolute Gasteiger partial charge is 0.756 e. The fraction of sp³-hybridized carbons (Fsp3) is 0.882. The summed E-state index contributed by atoms with van der Waals surface area (Å²) >= 11 is 0. The van der Waals surface area contributed by atoms with Gasteiger partial charge in [0.25, 0.3) is 13.7 Å². The first-order valence-electron chi connectivity index (χ1n) is 10.2. The molecule has 10 atom stereocenters. The van der Waals surface area contributed by atoms with Gasteiger partial charge in [-0.3, -0.25) is 19.6 Å². The molecule has 0 aromatic heterocycles. The largest absolute Gasteiger partial charge is 1.00 e. The molecule has 3 rings (SSSR count). The van der Waals surface area contributed by atoms with Crippen molar-refractivity contribution in [2.45, 2.75) is 69.3 Å². The van der Waals surface area contributed by atoms with Crippen molar-refractivity contribution in [3.63, 3.8) is 0 Å². The molecular formula is C17H29N4NaO9P. The summed E-state index contributed by atoms with van der Waals surface area (Å²) in [4.78, 5) is 45.2. The predicted octanol–water partition coefficient (Wildman–Crippen LogP) is -6.19. The van der Waals surface area contributed by atoms with Crippen molar-refractivity contribution >= 4 is 19.8 Å². The number of β-amino-alcohol motifs (C(OH)–C–C–N with tert-alkyl or cyclic N) is 1. The Morgan fingerprint density at radius 2 is 1.84 bits per heavy atom. The number of aliphatic hydroxyl groups excluding tert-OH is 3. The number of imide groups is 1. The average Bonchev–Trinajstić information content (AvgIpc) is 2.67. The number of phosphoric acid groups is 1. The number of hydrogen-bond acceptors (Lipinski definition) is 10. The Morgan fingerprint density at radius 3 is 2.47 bits per heavy atom. The number of hydrogen-bond donors (Lipinski definition) is 6. The van der Waals surface area contributed by atoms with E-state index in [9.17, 15) is 34.4 Å². The van der Waals surface area contributed by atoms with Crippen molar-refractivity contribution in [1.82, 2.24) is 20.9 Å². The van der Waals surface area contributed by atoms with Crippen molar-refractivity contribution in [3.8, 4) is 0 Å². The monoisotopic (exact) mass is 487 g/mol. The molecule has 177 valence electrons. The van der Waals surface area contributed by atoms with Gasteiger partial charge in [-0.05, 0) is 24.7 Å². The van der Waals surface area contributed by atoms with Crippen LogP contribution >= 0.6 is 7.82 Å². The summed E-state index contributed by atoms with van der Waals surface area (Å²) in [5, 5.41) is 40.0. The molecule has 0 aromatic carbocycles. The standard InChI is InChI=1S/C17H30N4O9P.Na/c1-7-3-9-10(4-8(7)2)21(15-13(18-9)16(25)20-17(26)19-15)5-11(22)14(24)12(23)6-30-31(27,28)29;/h7-15,18,22-24H,3-6H2,1-2H3,(H,19,26)(H2,27,28,29);/q;+1/p-1/t7?,8?,9?,10?,11-,12+,13?,14-,15?;/m0./s1. The van der Waals surface area contributed by atoms with Crippen LogP contribution in [0.15, 0.2) is 0 Å². The van der Waals surface area contributed by atoms with Crippen LogP contribution in [0.3, 0.4) is 0 Å². The molecule has 13 nitrogen and oxygen atoms in total. The third-order valence-electron chi connectivity index (χ3n) is 6.51. The number of piperazine rings is 1. The van der Waals surface area contributed by atoms with Crippen LogP contribution in [-0.4, -0.2) is 92.8 Å². The number of nitrogens with zero attached hydrogens (tertiary/aromatic N) is 2. The zero-order valence-electron chi connectivity index (χ0n) is 18.2. The molecule has 0 spiro atoms. The van der Waals surface area contributed by atoms with Crippen LogP contribution in [0.25, 0.3) is 0 Å². The Balaban J connectivity index is 0.00000363. The number of aliphatic hydroxyl groups is 3. The quantitative estimate of drug-likeness (QED) is 0.147. The van der Waals surface area contributed by atoms with Crippen LogP contribution in [0.5, 0.6) is 0 Å². The van der Waals surface area contributed by atoms with Crippen molar-refractivity contribution in [1.29, 1.82) is 0 Å². The number of carbonyl (C=O) groups is 2. The van der Waals surface area contributed by atoms with Crippen LogP contribution < -0.4 is 50.4 Å². The number of rotatable bonds is 7. The first-order valence-corrected chi connectivity index (χ1v) is 11.7. The van der Waals surface area contributed by atoms with E-state index in [1.165, 1.54) is 0 Å². The van der Waals surface area contributed by atoms with Crippen molar-refractivity contribution in [2.24, 2.45) is 11.8 Å². The summed E-state index contributed by atoms with van der Waals surface area (Å²) in [5.74, 6) is 0.0906. The molecule has 1 saturated carbocycles. The third-order valence-corrected chi connectivity index (χ3v) is 6.99. The second-order valence-electron chi connectivity index (χ2n) is 8.67. The van der Waals surface area contributed by atoms with Gasteiger partial charge in [0, 0.05) is 18.6 Å². The normalized spacial score (nSPS) is 37.5. The zero-order valence-corrected chi connectivity index (χ0v) is 21.1. The Morgan fingerprint density at radius 1 is 1.22 bits per heavy atom. The second-order valence-corrected chi connectivity index (χ2v) is 9.87. The van der Waals surface area contributed by atoms with Crippen molar-refractivity contribution < 1.29 is 73.3 Å². The SMILES string of the molecule is CC1CC2NC3C(=O)[N]C(=O)NC3N(C[C@H](O)[C@H](O)[C@H](O)COP(=O)([O-])O)C2CC1C.[Na+]. The second kappa shape index (κ2) is 11.1. The molecular weight excluding hydrogens is 458 g/mol. The molecule has 3 aliphatic rings. The molecule has 15 heteroatoms. The zero-order chi connectivity index (χ0) is 23.1. The van der Waals surface area contributed by atoms with Gasteiger partial charge in [0.2, 0.25) is 0 Å². The first kappa shape index (κ1) is 28.1. The Kier molecular flexibility index (Phi) is 9.71. The van der Waals surface area contributed by atoms with Crippen LogP contribution in [0.2, 0.25) is 0 Å². The Hall–Kier alpha value is -0.150. The van der Waals surface area contributed by atoms with Gasteiger partial charge in [-0.1, -0.05) is 13.8 Å². The predicted molar refractivity (Wildman–Crippen MR) is 102 cm³/mol. The molecule has 1 radical (unpaired) electrons. The maximum Gasteiger partial charge on any atom is 1.00 e. The van der Waals surface area contributed by atoms with Gasteiger partial charge in [-0.25, -0.2) is 4.79 Å². The van der Waals surface area contributed by atoms with Gasteiger partial charge >= 0.3 is 35.6 Å². The van der Waals surface area contributed by atoms with E-state index in [2.05, 4.69) is 34.3 Å². The molecule has 1 aliphatic carbocycles. The molecule has 7 unspecified atom stereocenters. The van der Waals surface area contributed by atoms with E-state index in [-0.39, 0.29) is 48.2 Å². The number of phosphoric ester groups is 1. The van der Waals surface area contributed by atoms with Gasteiger partial charge in [0.05, 0.1) is 12.7 Å². The van der Waals surface area contributed by atoms with Crippen LogP contribution in [0.4, 0.5) is 4.79 Å². The third kappa shape index (κ3) is 6.49. The molecule has 2 saturated heterocycles. The molecule has 0 bridgehead atoms. The van der Waals surface area contributed by atoms with E-state index in [1.807, 2.05) is 0 Å². The molecule has 32 heavy (non-hydrogen) atoms. The fourth-order valence-corrected chi connectivity index (χ4v) is 4.97. The minimum absolute atomic E-state index is 0. The van der Waals surface area contributed by atoms with Crippen LogP contribution in [-0.2, 0) is 13.9 Å². The fourth-order valence-electron chi connectivity index (χ4n) is 4.63. The van der Waals surface area contributed by atoms with Gasteiger partial charge < -0.3 is 34.9 Å².